The fraction of sp³-hybridized carbons (Fsp3) is 0.438. The maximum absolute atomic E-state index is 5.41. The van der Waals surface area contributed by atoms with Crippen LogP contribution in [0.1, 0.15) is 25.4 Å². The molecule has 0 spiro atoms. The zero-order chi connectivity index (χ0) is 14.6. The molecule has 2 aromatic rings. The number of aromatic nitrogens is 2. The molecule has 0 fully saturated rings. The summed E-state index contributed by atoms with van der Waals surface area (Å²) in [5.74, 6) is 0.999. The van der Waals surface area contributed by atoms with Crippen LogP contribution in [0.15, 0.2) is 36.5 Å². The molecule has 1 heterocycles. The van der Waals surface area contributed by atoms with Crippen LogP contribution in [0.4, 0.5) is 0 Å². The first-order valence-corrected chi connectivity index (χ1v) is 6.88. The quantitative estimate of drug-likeness (QED) is 0.879. The number of nitrogens with one attached hydrogen (secondary N) is 1. The topological polar surface area (TPSA) is 39.1 Å². The number of hydrogen-bond acceptors (Lipinski definition) is 3. The predicted octanol–water partition coefficient (Wildman–Crippen LogP) is 2.70. The van der Waals surface area contributed by atoms with Gasteiger partial charge in [0.05, 0.1) is 17.5 Å². The van der Waals surface area contributed by atoms with Gasteiger partial charge in [0.25, 0.3) is 0 Å². The molecule has 0 unspecified atom stereocenters. The Morgan fingerprint density at radius 3 is 2.60 bits per heavy atom. The summed E-state index contributed by atoms with van der Waals surface area (Å²) in [4.78, 5) is 4.42. The van der Waals surface area contributed by atoms with Crippen LogP contribution in [0.3, 0.4) is 0 Å². The van der Waals surface area contributed by atoms with Crippen molar-refractivity contribution >= 4 is 0 Å². The minimum atomic E-state index is -0.160. The van der Waals surface area contributed by atoms with E-state index in [1.54, 1.807) is 7.11 Å². The second kappa shape index (κ2) is 6.20. The number of ether oxygens (including phenoxy) is 1. The molecule has 4 nitrogen and oxygen atoms in total. The Kier molecular flexibility index (Phi) is 4.57. The molecule has 0 saturated carbocycles. The highest BCUT2D eigenvalue weighted by Crippen LogP contribution is 2.14. The van der Waals surface area contributed by atoms with Crippen LogP contribution in [0.25, 0.3) is 5.69 Å². The molecule has 2 rings (SSSR count). The van der Waals surface area contributed by atoms with Gasteiger partial charge in [-0.1, -0.05) is 18.2 Å². The lowest BCUT2D eigenvalue weighted by molar-refractivity contribution is 0.0230. The van der Waals surface area contributed by atoms with Crippen molar-refractivity contribution in [3.05, 3.63) is 48.0 Å². The fourth-order valence-corrected chi connectivity index (χ4v) is 2.11. The molecule has 1 aromatic heterocycles. The van der Waals surface area contributed by atoms with Gasteiger partial charge in [-0.25, -0.2) is 4.98 Å². The van der Waals surface area contributed by atoms with E-state index >= 15 is 0 Å². The third-order valence-corrected chi connectivity index (χ3v) is 3.44. The number of hydrogen-bond donors (Lipinski definition) is 1. The van der Waals surface area contributed by atoms with E-state index < -0.39 is 0 Å². The minimum Gasteiger partial charge on any atom is -0.377 e. The second-order valence-corrected chi connectivity index (χ2v) is 5.54. The van der Waals surface area contributed by atoms with E-state index in [2.05, 4.69) is 40.8 Å². The van der Waals surface area contributed by atoms with Gasteiger partial charge in [-0.3, -0.25) is 4.57 Å². The molecule has 0 radical (unpaired) electrons. The Bertz CT molecular complexity index is 546. The smallest absolute Gasteiger partial charge is 0.110 e. The van der Waals surface area contributed by atoms with Crippen molar-refractivity contribution in [2.45, 2.75) is 32.9 Å². The van der Waals surface area contributed by atoms with Crippen LogP contribution < -0.4 is 5.32 Å². The normalized spacial score (nSPS) is 11.8. The standard InChI is InChI=1S/C16H23N3O/c1-13-18-11-15(10-17-12-16(2,3)20-4)19(13)14-8-6-5-7-9-14/h5-9,11,17H,10,12H2,1-4H3. The molecule has 0 atom stereocenters. The van der Waals surface area contributed by atoms with Crippen LogP contribution in [-0.4, -0.2) is 28.8 Å². The summed E-state index contributed by atoms with van der Waals surface area (Å²) in [6.45, 7) is 7.72. The van der Waals surface area contributed by atoms with E-state index in [1.165, 1.54) is 0 Å². The summed E-state index contributed by atoms with van der Waals surface area (Å²) >= 11 is 0. The lowest BCUT2D eigenvalue weighted by Crippen LogP contribution is -2.36. The number of para-hydroxylation sites is 1. The highest BCUT2D eigenvalue weighted by molar-refractivity contribution is 5.35. The largest absolute Gasteiger partial charge is 0.377 e. The van der Waals surface area contributed by atoms with Crippen LogP contribution in [0.5, 0.6) is 0 Å². The minimum absolute atomic E-state index is 0.160. The lowest BCUT2D eigenvalue weighted by atomic mass is 10.1. The van der Waals surface area contributed by atoms with Gasteiger partial charge in [0.1, 0.15) is 5.82 Å². The Morgan fingerprint density at radius 2 is 1.95 bits per heavy atom. The van der Waals surface area contributed by atoms with Gasteiger partial charge in [-0.05, 0) is 32.9 Å². The van der Waals surface area contributed by atoms with Crippen LogP contribution >= 0.6 is 0 Å². The monoisotopic (exact) mass is 273 g/mol. The van der Waals surface area contributed by atoms with Crippen molar-refractivity contribution in [2.24, 2.45) is 0 Å². The van der Waals surface area contributed by atoms with Gasteiger partial charge >= 0.3 is 0 Å². The molecule has 0 saturated heterocycles. The summed E-state index contributed by atoms with van der Waals surface area (Å²) in [6, 6.07) is 10.3. The molecular formula is C16H23N3O. The van der Waals surface area contributed by atoms with Gasteiger partial charge in [0.2, 0.25) is 0 Å². The van der Waals surface area contributed by atoms with Crippen molar-refractivity contribution in [3.63, 3.8) is 0 Å². The Hall–Kier alpha value is -1.65. The van der Waals surface area contributed by atoms with E-state index in [0.29, 0.717) is 0 Å². The van der Waals surface area contributed by atoms with E-state index in [0.717, 1.165) is 30.3 Å². The van der Waals surface area contributed by atoms with Crippen molar-refractivity contribution in [1.82, 2.24) is 14.9 Å². The summed E-state index contributed by atoms with van der Waals surface area (Å²) in [7, 11) is 1.74. The van der Waals surface area contributed by atoms with Crippen molar-refractivity contribution < 1.29 is 4.74 Å². The molecule has 20 heavy (non-hydrogen) atoms. The number of methoxy groups -OCH3 is 1. The third-order valence-electron chi connectivity index (χ3n) is 3.44. The van der Waals surface area contributed by atoms with Gasteiger partial charge in [-0.15, -0.1) is 0 Å². The molecule has 1 N–H and O–H groups in total. The van der Waals surface area contributed by atoms with Crippen LogP contribution in [-0.2, 0) is 11.3 Å². The molecule has 0 bridgehead atoms. The zero-order valence-electron chi connectivity index (χ0n) is 12.7. The molecular weight excluding hydrogens is 250 g/mol. The van der Waals surface area contributed by atoms with E-state index in [4.69, 9.17) is 4.74 Å². The van der Waals surface area contributed by atoms with E-state index in [-0.39, 0.29) is 5.60 Å². The average Bonchev–Trinajstić information content (AvgIpc) is 2.81. The first kappa shape index (κ1) is 14.8. The van der Waals surface area contributed by atoms with Crippen LogP contribution in [0, 0.1) is 6.92 Å². The Morgan fingerprint density at radius 1 is 1.25 bits per heavy atom. The first-order valence-electron chi connectivity index (χ1n) is 6.88. The second-order valence-electron chi connectivity index (χ2n) is 5.54. The SMILES string of the molecule is COC(C)(C)CNCc1cnc(C)n1-c1ccccc1. The van der Waals surface area contributed by atoms with Crippen molar-refractivity contribution in [1.29, 1.82) is 0 Å². The van der Waals surface area contributed by atoms with Crippen LogP contribution in [0.2, 0.25) is 0 Å². The van der Waals surface area contributed by atoms with E-state index in [9.17, 15) is 0 Å². The molecule has 108 valence electrons. The first-order chi connectivity index (χ1) is 9.53. The zero-order valence-corrected chi connectivity index (χ0v) is 12.7. The average molecular weight is 273 g/mol. The van der Waals surface area contributed by atoms with Gasteiger partial charge in [0.15, 0.2) is 0 Å². The highest BCUT2D eigenvalue weighted by atomic mass is 16.5. The number of imidazole rings is 1. The molecule has 0 aliphatic heterocycles. The molecule has 1 aromatic carbocycles. The maximum atomic E-state index is 5.41. The Labute approximate surface area is 120 Å². The van der Waals surface area contributed by atoms with Gasteiger partial charge in [0, 0.05) is 25.9 Å². The molecule has 0 aliphatic carbocycles. The summed E-state index contributed by atoms with van der Waals surface area (Å²) in [5.41, 5.74) is 2.14. The maximum Gasteiger partial charge on any atom is 0.110 e. The fourth-order valence-electron chi connectivity index (χ4n) is 2.11. The van der Waals surface area contributed by atoms with Gasteiger partial charge in [-0.2, -0.15) is 0 Å². The summed E-state index contributed by atoms with van der Waals surface area (Å²) in [6.07, 6.45) is 1.93. The summed E-state index contributed by atoms with van der Waals surface area (Å²) < 4.78 is 7.58. The molecule has 4 heteroatoms. The third kappa shape index (κ3) is 3.46. The van der Waals surface area contributed by atoms with Crippen molar-refractivity contribution in [2.75, 3.05) is 13.7 Å². The Balaban J connectivity index is 2.11. The molecule has 0 amide bonds. The number of nitrogens with zero attached hydrogens (tertiary/aromatic N) is 2. The number of aryl methyl sites for hydroxylation is 1. The van der Waals surface area contributed by atoms with E-state index in [1.807, 2.05) is 31.3 Å². The van der Waals surface area contributed by atoms with Crippen molar-refractivity contribution in [3.8, 4) is 5.69 Å². The lowest BCUT2D eigenvalue weighted by Gasteiger charge is -2.23. The number of rotatable bonds is 6. The van der Waals surface area contributed by atoms with Gasteiger partial charge < -0.3 is 10.1 Å². The highest BCUT2D eigenvalue weighted by Gasteiger charge is 2.16. The molecule has 0 aliphatic rings. The summed E-state index contributed by atoms with van der Waals surface area (Å²) in [5, 5.41) is 3.43. The predicted molar refractivity (Wildman–Crippen MR) is 81.1 cm³/mol. The number of benzene rings is 1.